The van der Waals surface area contributed by atoms with Gasteiger partial charge >= 0.3 is 0 Å². The van der Waals surface area contributed by atoms with Crippen molar-refractivity contribution in [3.8, 4) is 0 Å². The van der Waals surface area contributed by atoms with Crippen LogP contribution < -0.4 is 0 Å². The summed E-state index contributed by atoms with van der Waals surface area (Å²) in [5.41, 5.74) is 2.08. The van der Waals surface area contributed by atoms with Crippen LogP contribution in [0.15, 0.2) is 48.5 Å². The molecule has 1 atom stereocenters. The van der Waals surface area contributed by atoms with E-state index in [0.717, 1.165) is 21.8 Å². The number of likely N-dealkylation sites (N-methyl/N-ethyl adjacent to an activating group) is 1. The standard InChI is InChI=1S/C18H22N2O3S.H2/c1-3-19(24(2,22)23)12-14(21)13-20-17-10-6-4-8-15(17)16-9-5-7-11-18(16)20;/h4-11,14,21H,3,12-13H2,1-2H3;1H. The molecule has 5 nitrogen and oxygen atoms in total. The quantitative estimate of drug-likeness (QED) is 0.745. The topological polar surface area (TPSA) is 62.5 Å². The Morgan fingerprint density at radius 1 is 1.08 bits per heavy atom. The fourth-order valence-electron chi connectivity index (χ4n) is 3.20. The van der Waals surface area contributed by atoms with Crippen molar-refractivity contribution in [2.24, 2.45) is 0 Å². The highest BCUT2D eigenvalue weighted by molar-refractivity contribution is 7.88. The molecular weight excluding hydrogens is 324 g/mol. The number of aliphatic hydroxyl groups excluding tert-OH is 1. The van der Waals surface area contributed by atoms with E-state index in [-0.39, 0.29) is 7.97 Å². The monoisotopic (exact) mass is 348 g/mol. The molecule has 0 spiro atoms. The number of nitrogens with zero attached hydrogens (tertiary/aromatic N) is 2. The summed E-state index contributed by atoms with van der Waals surface area (Å²) < 4.78 is 26.8. The second-order valence-corrected chi connectivity index (χ2v) is 7.99. The average Bonchev–Trinajstić information content (AvgIpc) is 2.86. The zero-order valence-corrected chi connectivity index (χ0v) is 14.7. The van der Waals surface area contributed by atoms with Crippen molar-refractivity contribution in [3.05, 3.63) is 48.5 Å². The summed E-state index contributed by atoms with van der Waals surface area (Å²) >= 11 is 0. The first-order valence-corrected chi connectivity index (χ1v) is 9.85. The molecule has 0 aliphatic carbocycles. The van der Waals surface area contributed by atoms with Gasteiger partial charge < -0.3 is 9.67 Å². The van der Waals surface area contributed by atoms with Crippen LogP contribution in [0.5, 0.6) is 0 Å². The number of hydrogen-bond donors (Lipinski definition) is 1. The lowest BCUT2D eigenvalue weighted by molar-refractivity contribution is 0.132. The number of aromatic nitrogens is 1. The maximum absolute atomic E-state index is 11.7. The average molecular weight is 348 g/mol. The first-order valence-electron chi connectivity index (χ1n) is 8.01. The normalized spacial score (nSPS) is 13.8. The van der Waals surface area contributed by atoms with Crippen LogP contribution in [0.4, 0.5) is 0 Å². The fraction of sp³-hybridized carbons (Fsp3) is 0.333. The number of aliphatic hydroxyl groups is 1. The molecule has 0 aliphatic rings. The second-order valence-electron chi connectivity index (χ2n) is 6.01. The molecule has 0 fully saturated rings. The molecule has 0 bridgehead atoms. The number of rotatable bonds is 6. The molecule has 0 saturated heterocycles. The molecule has 1 unspecified atom stereocenters. The van der Waals surface area contributed by atoms with Gasteiger partial charge in [-0.1, -0.05) is 43.3 Å². The highest BCUT2D eigenvalue weighted by atomic mass is 32.2. The Morgan fingerprint density at radius 3 is 2.04 bits per heavy atom. The fourth-order valence-corrected chi connectivity index (χ4v) is 4.11. The molecule has 0 aliphatic heterocycles. The van der Waals surface area contributed by atoms with Crippen molar-refractivity contribution in [3.63, 3.8) is 0 Å². The highest BCUT2D eigenvalue weighted by Gasteiger charge is 2.20. The van der Waals surface area contributed by atoms with Gasteiger partial charge in [0.1, 0.15) is 0 Å². The summed E-state index contributed by atoms with van der Waals surface area (Å²) in [6.07, 6.45) is 0.392. The molecule has 3 rings (SSSR count). The van der Waals surface area contributed by atoms with Crippen molar-refractivity contribution >= 4 is 31.8 Å². The molecule has 0 amide bonds. The van der Waals surface area contributed by atoms with E-state index in [1.807, 2.05) is 36.4 Å². The third-order valence-corrected chi connectivity index (χ3v) is 5.65. The van der Waals surface area contributed by atoms with Crippen LogP contribution in [0.2, 0.25) is 0 Å². The third-order valence-electron chi connectivity index (χ3n) is 4.31. The first kappa shape index (κ1) is 17.0. The van der Waals surface area contributed by atoms with Gasteiger partial charge in [0, 0.05) is 36.3 Å². The van der Waals surface area contributed by atoms with Gasteiger partial charge in [-0.25, -0.2) is 8.42 Å². The van der Waals surface area contributed by atoms with Crippen LogP contribution in [-0.4, -0.2) is 47.8 Å². The summed E-state index contributed by atoms with van der Waals surface area (Å²) in [5.74, 6) is 0. The summed E-state index contributed by atoms with van der Waals surface area (Å²) in [7, 11) is -3.31. The van der Waals surface area contributed by atoms with E-state index in [0.29, 0.717) is 13.1 Å². The number of para-hydroxylation sites is 2. The van der Waals surface area contributed by atoms with Crippen molar-refractivity contribution in [2.45, 2.75) is 19.6 Å². The van der Waals surface area contributed by atoms with Gasteiger partial charge in [-0.05, 0) is 12.1 Å². The lowest BCUT2D eigenvalue weighted by Crippen LogP contribution is -2.38. The minimum Gasteiger partial charge on any atom is -0.390 e. The Hall–Kier alpha value is -1.89. The van der Waals surface area contributed by atoms with Crippen molar-refractivity contribution in [1.82, 2.24) is 8.87 Å². The predicted molar refractivity (Wildman–Crippen MR) is 99.7 cm³/mol. The Morgan fingerprint density at radius 2 is 1.58 bits per heavy atom. The second kappa shape index (κ2) is 6.55. The third kappa shape index (κ3) is 3.17. The smallest absolute Gasteiger partial charge is 0.211 e. The Labute approximate surface area is 143 Å². The number of benzene rings is 2. The zero-order valence-electron chi connectivity index (χ0n) is 13.9. The van der Waals surface area contributed by atoms with Gasteiger partial charge in [0.25, 0.3) is 0 Å². The van der Waals surface area contributed by atoms with E-state index < -0.39 is 16.1 Å². The lowest BCUT2D eigenvalue weighted by Gasteiger charge is -2.22. The predicted octanol–water partition coefficient (Wildman–Crippen LogP) is 2.68. The van der Waals surface area contributed by atoms with Crippen LogP contribution in [0.25, 0.3) is 21.8 Å². The number of sulfonamides is 1. The van der Waals surface area contributed by atoms with E-state index in [2.05, 4.69) is 16.7 Å². The van der Waals surface area contributed by atoms with Gasteiger partial charge in [0.15, 0.2) is 0 Å². The molecule has 1 heterocycles. The van der Waals surface area contributed by atoms with Gasteiger partial charge in [-0.3, -0.25) is 0 Å². The molecule has 1 N–H and O–H groups in total. The first-order chi connectivity index (χ1) is 11.4. The van der Waals surface area contributed by atoms with E-state index in [1.165, 1.54) is 10.6 Å². The minimum absolute atomic E-state index is 0. The van der Waals surface area contributed by atoms with Gasteiger partial charge in [0.05, 0.1) is 18.9 Å². The molecule has 130 valence electrons. The summed E-state index contributed by atoms with van der Waals surface area (Å²) in [6.45, 7) is 2.56. The Kier molecular flexibility index (Phi) is 4.62. The maximum Gasteiger partial charge on any atom is 0.211 e. The molecule has 6 heteroatoms. The summed E-state index contributed by atoms with van der Waals surface area (Å²) in [6, 6.07) is 16.1. The van der Waals surface area contributed by atoms with Gasteiger partial charge in [-0.2, -0.15) is 4.31 Å². The molecule has 24 heavy (non-hydrogen) atoms. The van der Waals surface area contributed by atoms with Crippen molar-refractivity contribution in [1.29, 1.82) is 0 Å². The summed E-state index contributed by atoms with van der Waals surface area (Å²) in [5, 5.41) is 12.7. The van der Waals surface area contributed by atoms with Crippen molar-refractivity contribution < 1.29 is 15.0 Å². The molecule has 2 aromatic carbocycles. The van der Waals surface area contributed by atoms with Crippen LogP contribution >= 0.6 is 0 Å². The SMILES string of the molecule is CCN(CC(O)Cn1c2ccccc2c2ccccc21)S(C)(=O)=O.[HH]. The Bertz CT molecular complexity index is 916. The van der Waals surface area contributed by atoms with Crippen LogP contribution in [0, 0.1) is 0 Å². The van der Waals surface area contributed by atoms with Crippen LogP contribution in [-0.2, 0) is 16.6 Å². The molecular formula is C18H24N2O3S. The minimum atomic E-state index is -3.31. The van der Waals surface area contributed by atoms with E-state index in [4.69, 9.17) is 0 Å². The van der Waals surface area contributed by atoms with E-state index >= 15 is 0 Å². The van der Waals surface area contributed by atoms with Crippen molar-refractivity contribution in [2.75, 3.05) is 19.3 Å². The number of fused-ring (bicyclic) bond motifs is 3. The summed E-state index contributed by atoms with van der Waals surface area (Å²) in [4.78, 5) is 0. The molecule has 1 aromatic heterocycles. The molecule has 0 saturated carbocycles. The molecule has 3 aromatic rings. The lowest BCUT2D eigenvalue weighted by atomic mass is 10.2. The zero-order chi connectivity index (χ0) is 17.3. The van der Waals surface area contributed by atoms with Gasteiger partial charge in [-0.15, -0.1) is 0 Å². The highest BCUT2D eigenvalue weighted by Crippen LogP contribution is 2.28. The Balaban J connectivity index is 0.00000225. The van der Waals surface area contributed by atoms with E-state index in [9.17, 15) is 13.5 Å². The number of hydrogen-bond acceptors (Lipinski definition) is 3. The van der Waals surface area contributed by atoms with Crippen LogP contribution in [0.1, 0.15) is 8.35 Å². The maximum atomic E-state index is 11.7. The largest absolute Gasteiger partial charge is 0.390 e. The van der Waals surface area contributed by atoms with E-state index in [1.54, 1.807) is 6.92 Å². The molecule has 0 radical (unpaired) electrons. The van der Waals surface area contributed by atoms with Crippen LogP contribution in [0.3, 0.4) is 0 Å². The van der Waals surface area contributed by atoms with Gasteiger partial charge in [0.2, 0.25) is 10.0 Å².